The van der Waals surface area contributed by atoms with Crippen LogP contribution in [0.4, 0.5) is 0 Å². The maximum Gasteiger partial charge on any atom is 0.0727 e. The van der Waals surface area contributed by atoms with Crippen LogP contribution in [0.25, 0.3) is 0 Å². The summed E-state index contributed by atoms with van der Waals surface area (Å²) in [6.45, 7) is 11.4. The minimum absolute atomic E-state index is 0.318. The van der Waals surface area contributed by atoms with Gasteiger partial charge in [0.25, 0.3) is 0 Å². The molecule has 3 nitrogen and oxygen atoms in total. The van der Waals surface area contributed by atoms with Crippen molar-refractivity contribution in [3.8, 4) is 0 Å². The van der Waals surface area contributed by atoms with E-state index in [1.165, 1.54) is 0 Å². The van der Waals surface area contributed by atoms with Crippen LogP contribution in [0.1, 0.15) is 47.0 Å². The molecule has 0 aromatic heterocycles. The lowest BCUT2D eigenvalue weighted by Crippen LogP contribution is -2.46. The smallest absolute Gasteiger partial charge is 0.0727 e. The van der Waals surface area contributed by atoms with Crippen molar-refractivity contribution in [3.05, 3.63) is 0 Å². The topological polar surface area (TPSA) is 30.5 Å². The zero-order chi connectivity index (χ0) is 13.1. The fourth-order valence-corrected chi connectivity index (χ4v) is 2.18. The first-order chi connectivity index (χ1) is 8.21. The molecule has 0 aliphatic carbocycles. The minimum atomic E-state index is 0.318. The summed E-state index contributed by atoms with van der Waals surface area (Å²) in [6, 6.07) is 0.440. The van der Waals surface area contributed by atoms with E-state index in [0.29, 0.717) is 18.1 Å². The minimum Gasteiger partial charge on any atom is -0.385 e. The number of hydrogen-bond acceptors (Lipinski definition) is 3. The van der Waals surface area contributed by atoms with Gasteiger partial charge < -0.3 is 14.8 Å². The summed E-state index contributed by atoms with van der Waals surface area (Å²) in [7, 11) is 1.76. The van der Waals surface area contributed by atoms with Crippen molar-refractivity contribution < 1.29 is 9.47 Å². The van der Waals surface area contributed by atoms with Crippen molar-refractivity contribution in [1.82, 2.24) is 5.32 Å². The second-order valence-corrected chi connectivity index (χ2v) is 4.64. The van der Waals surface area contributed by atoms with Gasteiger partial charge in [0.1, 0.15) is 0 Å². The first-order valence-corrected chi connectivity index (χ1v) is 7.05. The van der Waals surface area contributed by atoms with Gasteiger partial charge in [-0.25, -0.2) is 0 Å². The van der Waals surface area contributed by atoms with Gasteiger partial charge in [-0.15, -0.1) is 0 Å². The summed E-state index contributed by atoms with van der Waals surface area (Å²) in [5, 5.41) is 3.63. The van der Waals surface area contributed by atoms with Gasteiger partial charge in [0.05, 0.1) is 6.10 Å². The molecule has 104 valence electrons. The normalized spacial score (nSPS) is 16.8. The van der Waals surface area contributed by atoms with Crippen molar-refractivity contribution in [2.75, 3.05) is 26.9 Å². The molecule has 0 radical (unpaired) electrons. The fourth-order valence-electron chi connectivity index (χ4n) is 2.18. The molecule has 0 bridgehead atoms. The van der Waals surface area contributed by atoms with Gasteiger partial charge >= 0.3 is 0 Å². The lowest BCUT2D eigenvalue weighted by molar-refractivity contribution is 0.0129. The number of ether oxygens (including phenoxy) is 2. The lowest BCUT2D eigenvalue weighted by atomic mass is 9.92. The van der Waals surface area contributed by atoms with E-state index in [0.717, 1.165) is 39.0 Å². The molecule has 0 spiro atoms. The van der Waals surface area contributed by atoms with Crippen molar-refractivity contribution in [2.45, 2.75) is 59.1 Å². The maximum atomic E-state index is 5.85. The first-order valence-electron chi connectivity index (χ1n) is 7.05. The molecular weight excluding hydrogens is 214 g/mol. The van der Waals surface area contributed by atoms with E-state index < -0.39 is 0 Å². The van der Waals surface area contributed by atoms with Crippen LogP contribution in [0.15, 0.2) is 0 Å². The second kappa shape index (κ2) is 11.0. The van der Waals surface area contributed by atoms with E-state index in [1.807, 2.05) is 0 Å². The molecule has 0 aromatic rings. The maximum absolute atomic E-state index is 5.85. The Labute approximate surface area is 107 Å². The van der Waals surface area contributed by atoms with Crippen LogP contribution in [0.5, 0.6) is 0 Å². The van der Waals surface area contributed by atoms with E-state index >= 15 is 0 Å². The molecule has 17 heavy (non-hydrogen) atoms. The number of hydrogen-bond donors (Lipinski definition) is 1. The summed E-state index contributed by atoms with van der Waals surface area (Å²) in [6.07, 6.45) is 3.63. The molecule has 0 rings (SSSR count). The highest BCUT2D eigenvalue weighted by Crippen LogP contribution is 2.17. The predicted octanol–water partition coefficient (Wildman–Crippen LogP) is 2.84. The van der Waals surface area contributed by atoms with Crippen LogP contribution in [0.2, 0.25) is 0 Å². The summed E-state index contributed by atoms with van der Waals surface area (Å²) < 4.78 is 11.0. The molecule has 0 amide bonds. The highest BCUT2D eigenvalue weighted by atomic mass is 16.5. The quantitative estimate of drug-likeness (QED) is 0.607. The predicted molar refractivity (Wildman–Crippen MR) is 73.4 cm³/mol. The summed E-state index contributed by atoms with van der Waals surface area (Å²) in [5.41, 5.74) is 0. The molecule has 0 saturated carbocycles. The number of rotatable bonds is 11. The Bertz CT molecular complexity index is 164. The van der Waals surface area contributed by atoms with Gasteiger partial charge in [-0.1, -0.05) is 20.8 Å². The molecule has 0 heterocycles. The average Bonchev–Trinajstić information content (AvgIpc) is 2.35. The van der Waals surface area contributed by atoms with Gasteiger partial charge in [0, 0.05) is 26.4 Å². The molecule has 0 aliphatic heterocycles. The van der Waals surface area contributed by atoms with Crippen molar-refractivity contribution in [3.63, 3.8) is 0 Å². The van der Waals surface area contributed by atoms with Gasteiger partial charge in [0.15, 0.2) is 0 Å². The van der Waals surface area contributed by atoms with Gasteiger partial charge in [-0.3, -0.25) is 0 Å². The summed E-state index contributed by atoms with van der Waals surface area (Å²) in [4.78, 5) is 0. The van der Waals surface area contributed by atoms with Crippen molar-refractivity contribution >= 4 is 0 Å². The Hall–Kier alpha value is -0.120. The molecule has 3 heteroatoms. The van der Waals surface area contributed by atoms with Gasteiger partial charge in [-0.2, -0.15) is 0 Å². The van der Waals surface area contributed by atoms with E-state index in [-0.39, 0.29) is 0 Å². The highest BCUT2D eigenvalue weighted by molar-refractivity contribution is 4.81. The van der Waals surface area contributed by atoms with Crippen LogP contribution in [0, 0.1) is 5.92 Å². The number of nitrogens with one attached hydrogen (secondary N) is 1. The molecule has 0 saturated heterocycles. The third kappa shape index (κ3) is 7.02. The number of methoxy groups -OCH3 is 1. The summed E-state index contributed by atoms with van der Waals surface area (Å²) in [5.74, 6) is 0.581. The lowest BCUT2D eigenvalue weighted by Gasteiger charge is -2.32. The highest BCUT2D eigenvalue weighted by Gasteiger charge is 2.25. The van der Waals surface area contributed by atoms with Gasteiger partial charge in [-0.05, 0) is 38.6 Å². The fraction of sp³-hybridized carbons (Fsp3) is 1.00. The van der Waals surface area contributed by atoms with Crippen molar-refractivity contribution in [1.29, 1.82) is 0 Å². The molecule has 1 N–H and O–H groups in total. The van der Waals surface area contributed by atoms with E-state index in [4.69, 9.17) is 9.47 Å². The van der Waals surface area contributed by atoms with Crippen LogP contribution in [0.3, 0.4) is 0 Å². The van der Waals surface area contributed by atoms with Crippen molar-refractivity contribution in [2.24, 2.45) is 5.92 Å². The first kappa shape index (κ1) is 16.9. The molecule has 3 unspecified atom stereocenters. The van der Waals surface area contributed by atoms with Gasteiger partial charge in [0.2, 0.25) is 0 Å². The molecule has 3 atom stereocenters. The van der Waals surface area contributed by atoms with Crippen LogP contribution in [-0.4, -0.2) is 39.0 Å². The van der Waals surface area contributed by atoms with E-state index in [9.17, 15) is 0 Å². The van der Waals surface area contributed by atoms with E-state index in [1.54, 1.807) is 7.11 Å². The Balaban J connectivity index is 4.35. The molecule has 0 aliphatic rings. The monoisotopic (exact) mass is 245 g/mol. The molecule has 0 fully saturated rings. The Morgan fingerprint density at radius 1 is 1.18 bits per heavy atom. The third-order valence-electron chi connectivity index (χ3n) is 3.20. The zero-order valence-corrected chi connectivity index (χ0v) is 12.3. The molecular formula is C14H31NO2. The Kier molecular flexibility index (Phi) is 10.9. The molecule has 0 aromatic carbocycles. The van der Waals surface area contributed by atoms with Crippen LogP contribution >= 0.6 is 0 Å². The summed E-state index contributed by atoms with van der Waals surface area (Å²) >= 11 is 0. The SMILES string of the molecule is CCCNC(C(C)CCOC)C(CC)OCC. The Morgan fingerprint density at radius 2 is 1.88 bits per heavy atom. The van der Waals surface area contributed by atoms with E-state index in [2.05, 4.69) is 33.0 Å². The average molecular weight is 245 g/mol. The third-order valence-corrected chi connectivity index (χ3v) is 3.20. The van der Waals surface area contributed by atoms with Crippen LogP contribution < -0.4 is 5.32 Å². The zero-order valence-electron chi connectivity index (χ0n) is 12.3. The largest absolute Gasteiger partial charge is 0.385 e. The second-order valence-electron chi connectivity index (χ2n) is 4.64. The Morgan fingerprint density at radius 3 is 2.35 bits per heavy atom. The van der Waals surface area contributed by atoms with Crippen LogP contribution in [-0.2, 0) is 9.47 Å². The standard InChI is InChI=1S/C14H31NO2/c1-6-10-15-14(12(4)9-11-16-5)13(7-2)17-8-3/h12-15H,6-11H2,1-5H3.